The lowest BCUT2D eigenvalue weighted by Gasteiger charge is -2.32. The molecule has 2 N–H and O–H groups in total. The summed E-state index contributed by atoms with van der Waals surface area (Å²) < 4.78 is 0. The molecule has 128 valence electrons. The number of hydrogen-bond donors (Lipinski definition) is 2. The lowest BCUT2D eigenvalue weighted by atomic mass is 9.83. The standard InChI is InChI=1S/C17H26N2O4/c1-16(2,3)15(21)12(18-17(4,5)6)9-11-7-8-14(20)13(10-11)19(22)23/h7-8,10,12,18,20H,9H2,1-6H3/t12-/m0/s1. The Morgan fingerprint density at radius 1 is 1.26 bits per heavy atom. The third kappa shape index (κ3) is 5.63. The van der Waals surface area contributed by atoms with Crippen LogP contribution in [0.25, 0.3) is 0 Å². The molecule has 0 radical (unpaired) electrons. The van der Waals surface area contributed by atoms with E-state index in [1.165, 1.54) is 12.1 Å². The molecule has 0 amide bonds. The minimum Gasteiger partial charge on any atom is -0.502 e. The Balaban J connectivity index is 3.13. The molecule has 23 heavy (non-hydrogen) atoms. The van der Waals surface area contributed by atoms with E-state index in [1.54, 1.807) is 6.07 Å². The normalized spacial score (nSPS) is 13.7. The molecular weight excluding hydrogens is 296 g/mol. The molecule has 6 heteroatoms. The fourth-order valence-corrected chi connectivity index (χ4v) is 2.33. The minimum absolute atomic E-state index is 0.0446. The summed E-state index contributed by atoms with van der Waals surface area (Å²) in [5.74, 6) is -0.329. The second kappa shape index (κ2) is 6.66. The Bertz CT molecular complexity index is 598. The topological polar surface area (TPSA) is 92.5 Å². The molecule has 0 aliphatic carbocycles. The van der Waals surface area contributed by atoms with E-state index in [-0.39, 0.29) is 22.8 Å². The third-order valence-corrected chi connectivity index (χ3v) is 3.34. The molecule has 0 bridgehead atoms. The van der Waals surface area contributed by atoms with E-state index in [2.05, 4.69) is 5.32 Å². The molecule has 1 aromatic rings. The highest BCUT2D eigenvalue weighted by molar-refractivity contribution is 5.89. The predicted octanol–water partition coefficient (Wildman–Crippen LogP) is 3.21. The Hall–Kier alpha value is -1.95. The van der Waals surface area contributed by atoms with Crippen LogP contribution in [0.2, 0.25) is 0 Å². The molecule has 0 heterocycles. The largest absolute Gasteiger partial charge is 0.502 e. The number of carbonyl (C=O) groups excluding carboxylic acids is 1. The van der Waals surface area contributed by atoms with Crippen molar-refractivity contribution in [1.29, 1.82) is 0 Å². The summed E-state index contributed by atoms with van der Waals surface area (Å²) in [7, 11) is 0. The number of benzene rings is 1. The van der Waals surface area contributed by atoms with Gasteiger partial charge in [0.15, 0.2) is 11.5 Å². The van der Waals surface area contributed by atoms with Gasteiger partial charge in [0.2, 0.25) is 0 Å². The van der Waals surface area contributed by atoms with Gasteiger partial charge in [-0.05, 0) is 38.8 Å². The highest BCUT2D eigenvalue weighted by Crippen LogP contribution is 2.28. The summed E-state index contributed by atoms with van der Waals surface area (Å²) in [6.45, 7) is 11.5. The number of Topliss-reactive ketones (excluding diaryl/α,β-unsaturated/α-hetero) is 1. The molecule has 0 saturated carbocycles. The van der Waals surface area contributed by atoms with Crippen LogP contribution in [0.15, 0.2) is 18.2 Å². The van der Waals surface area contributed by atoms with Crippen molar-refractivity contribution < 1.29 is 14.8 Å². The number of nitro groups is 1. The number of rotatable bonds is 5. The number of nitrogens with zero attached hydrogens (tertiary/aromatic N) is 1. The van der Waals surface area contributed by atoms with Crippen molar-refractivity contribution >= 4 is 11.5 Å². The second-order valence-electron chi connectivity index (χ2n) is 7.85. The quantitative estimate of drug-likeness (QED) is 0.641. The van der Waals surface area contributed by atoms with Crippen molar-refractivity contribution in [3.05, 3.63) is 33.9 Å². The van der Waals surface area contributed by atoms with Gasteiger partial charge in [0.1, 0.15) is 0 Å². The molecule has 0 spiro atoms. The summed E-state index contributed by atoms with van der Waals surface area (Å²) in [6, 6.07) is 3.76. The second-order valence-corrected chi connectivity index (χ2v) is 7.85. The van der Waals surface area contributed by atoms with Gasteiger partial charge in [-0.15, -0.1) is 0 Å². The van der Waals surface area contributed by atoms with E-state index in [1.807, 2.05) is 41.5 Å². The summed E-state index contributed by atoms with van der Waals surface area (Å²) >= 11 is 0. The van der Waals surface area contributed by atoms with Crippen molar-refractivity contribution in [1.82, 2.24) is 5.32 Å². The van der Waals surface area contributed by atoms with Crippen LogP contribution >= 0.6 is 0 Å². The first-order chi connectivity index (χ1) is 10.3. The Labute approximate surface area is 137 Å². The summed E-state index contributed by atoms with van der Waals surface area (Å²) in [4.78, 5) is 23.0. The fourth-order valence-electron chi connectivity index (χ4n) is 2.33. The van der Waals surface area contributed by atoms with Gasteiger partial charge in [-0.2, -0.15) is 0 Å². The zero-order chi connectivity index (χ0) is 18.0. The first kappa shape index (κ1) is 19.1. The Kier molecular flexibility index (Phi) is 5.53. The van der Waals surface area contributed by atoms with Gasteiger partial charge < -0.3 is 10.4 Å². The number of ketones is 1. The van der Waals surface area contributed by atoms with Crippen molar-refractivity contribution in [2.75, 3.05) is 0 Å². The van der Waals surface area contributed by atoms with Crippen LogP contribution in [0.5, 0.6) is 5.75 Å². The third-order valence-electron chi connectivity index (χ3n) is 3.34. The number of aromatic hydroxyl groups is 1. The van der Waals surface area contributed by atoms with Gasteiger partial charge in [-0.3, -0.25) is 14.9 Å². The number of nitro benzene ring substituents is 1. The summed E-state index contributed by atoms with van der Waals surface area (Å²) in [5, 5.41) is 23.8. The highest BCUT2D eigenvalue weighted by atomic mass is 16.6. The first-order valence-corrected chi connectivity index (χ1v) is 7.59. The van der Waals surface area contributed by atoms with Crippen LogP contribution in [-0.4, -0.2) is 27.4 Å². The van der Waals surface area contributed by atoms with Crippen LogP contribution in [-0.2, 0) is 11.2 Å². The molecule has 1 aromatic carbocycles. The van der Waals surface area contributed by atoms with Crippen LogP contribution in [0.4, 0.5) is 5.69 Å². The van der Waals surface area contributed by atoms with Gasteiger partial charge in [0.25, 0.3) is 0 Å². The van der Waals surface area contributed by atoms with E-state index in [0.717, 1.165) is 0 Å². The van der Waals surface area contributed by atoms with Crippen LogP contribution in [0.1, 0.15) is 47.1 Å². The number of carbonyl (C=O) groups is 1. The van der Waals surface area contributed by atoms with E-state index < -0.39 is 16.4 Å². The molecular formula is C17H26N2O4. The van der Waals surface area contributed by atoms with E-state index in [0.29, 0.717) is 12.0 Å². The van der Waals surface area contributed by atoms with Crippen LogP contribution < -0.4 is 5.32 Å². The molecule has 6 nitrogen and oxygen atoms in total. The van der Waals surface area contributed by atoms with Crippen molar-refractivity contribution in [3.63, 3.8) is 0 Å². The van der Waals surface area contributed by atoms with E-state index in [4.69, 9.17) is 0 Å². The molecule has 0 aliphatic rings. The van der Waals surface area contributed by atoms with Gasteiger partial charge >= 0.3 is 5.69 Å². The maximum atomic E-state index is 12.7. The lowest BCUT2D eigenvalue weighted by Crippen LogP contribution is -2.51. The summed E-state index contributed by atoms with van der Waals surface area (Å²) in [6.07, 6.45) is 0.328. The average molecular weight is 322 g/mol. The molecule has 1 rings (SSSR count). The minimum atomic E-state index is -0.628. The fraction of sp³-hybridized carbons (Fsp3) is 0.588. The SMILES string of the molecule is CC(C)(C)N[C@@H](Cc1ccc(O)c([N+](=O)[O-])c1)C(=O)C(C)(C)C. The lowest BCUT2D eigenvalue weighted by molar-refractivity contribution is -0.385. The maximum Gasteiger partial charge on any atom is 0.310 e. The van der Waals surface area contributed by atoms with Gasteiger partial charge in [0.05, 0.1) is 11.0 Å². The van der Waals surface area contributed by atoms with Gasteiger partial charge in [-0.25, -0.2) is 0 Å². The molecule has 1 atom stereocenters. The molecule has 0 fully saturated rings. The Morgan fingerprint density at radius 3 is 2.26 bits per heavy atom. The van der Waals surface area contributed by atoms with Crippen molar-refractivity contribution in [3.8, 4) is 5.75 Å². The predicted molar refractivity (Wildman–Crippen MR) is 89.6 cm³/mol. The van der Waals surface area contributed by atoms with Crippen molar-refractivity contribution in [2.24, 2.45) is 5.41 Å². The zero-order valence-corrected chi connectivity index (χ0v) is 14.6. The zero-order valence-electron chi connectivity index (χ0n) is 14.6. The number of hydrogen-bond acceptors (Lipinski definition) is 5. The van der Waals surface area contributed by atoms with Crippen molar-refractivity contribution in [2.45, 2.75) is 59.5 Å². The number of phenols is 1. The molecule has 0 aliphatic heterocycles. The molecule has 0 saturated heterocycles. The van der Waals surface area contributed by atoms with E-state index >= 15 is 0 Å². The van der Waals surface area contributed by atoms with E-state index in [9.17, 15) is 20.0 Å². The Morgan fingerprint density at radius 2 is 1.83 bits per heavy atom. The maximum absolute atomic E-state index is 12.7. The monoisotopic (exact) mass is 322 g/mol. The number of nitrogens with one attached hydrogen (secondary N) is 1. The van der Waals surface area contributed by atoms with Gasteiger partial charge in [-0.1, -0.05) is 26.8 Å². The first-order valence-electron chi connectivity index (χ1n) is 7.59. The average Bonchev–Trinajstić information content (AvgIpc) is 2.36. The van der Waals surface area contributed by atoms with Gasteiger partial charge in [0, 0.05) is 17.0 Å². The summed E-state index contributed by atoms with van der Waals surface area (Å²) in [5.41, 5.74) is -0.505. The highest BCUT2D eigenvalue weighted by Gasteiger charge is 2.32. The van der Waals surface area contributed by atoms with Crippen LogP contribution in [0, 0.1) is 15.5 Å². The van der Waals surface area contributed by atoms with Crippen LogP contribution in [0.3, 0.4) is 0 Å². The smallest absolute Gasteiger partial charge is 0.310 e. The molecule has 0 unspecified atom stereocenters. The number of phenolic OH excluding ortho intramolecular Hbond substituents is 1. The molecule has 0 aromatic heterocycles.